The predicted octanol–water partition coefficient (Wildman–Crippen LogP) is 4.07. The fraction of sp³-hybridized carbons (Fsp3) is 0.391. The Morgan fingerprint density at radius 3 is 2.48 bits per heavy atom. The minimum absolute atomic E-state index is 0.622. The molecule has 3 aromatic rings. The number of ether oxygens (including phenoxy) is 1. The van der Waals surface area contributed by atoms with Gasteiger partial charge in [-0.05, 0) is 62.2 Å². The second kappa shape index (κ2) is 8.66. The van der Waals surface area contributed by atoms with E-state index in [1.807, 2.05) is 31.2 Å². The molecular weight excluding hydrogens is 364 g/mol. The van der Waals surface area contributed by atoms with Crippen molar-refractivity contribution in [3.05, 3.63) is 59.5 Å². The van der Waals surface area contributed by atoms with Crippen LogP contribution in [0.1, 0.15) is 23.9 Å². The number of piperazine rings is 1. The molecule has 0 bridgehead atoms. The molecule has 1 aliphatic rings. The van der Waals surface area contributed by atoms with E-state index in [1.165, 1.54) is 16.8 Å². The molecule has 0 saturated carbocycles. The molecule has 152 valence electrons. The number of nitrogens with zero attached hydrogens (tertiary/aromatic N) is 4. The number of anilines is 1. The lowest BCUT2D eigenvalue weighted by Crippen LogP contribution is -2.46. The number of aryl methyl sites for hydroxylation is 1. The molecule has 0 aliphatic carbocycles. The van der Waals surface area contributed by atoms with E-state index in [0.29, 0.717) is 24.9 Å². The molecule has 1 saturated heterocycles. The van der Waals surface area contributed by atoms with Crippen LogP contribution in [0.4, 0.5) is 5.69 Å². The van der Waals surface area contributed by atoms with Crippen LogP contribution in [0.25, 0.3) is 11.4 Å². The van der Waals surface area contributed by atoms with Crippen LogP contribution in [0, 0.1) is 13.8 Å². The molecular formula is C23H28N4O2. The first kappa shape index (κ1) is 19.5. The van der Waals surface area contributed by atoms with Crippen molar-refractivity contribution in [1.29, 1.82) is 0 Å². The summed E-state index contributed by atoms with van der Waals surface area (Å²) in [6, 6.07) is 14.3. The summed E-state index contributed by atoms with van der Waals surface area (Å²) in [7, 11) is 0. The number of hydrogen-bond acceptors (Lipinski definition) is 6. The van der Waals surface area contributed by atoms with Gasteiger partial charge in [0.15, 0.2) is 0 Å². The molecule has 0 amide bonds. The van der Waals surface area contributed by atoms with Crippen LogP contribution >= 0.6 is 0 Å². The molecule has 0 N–H and O–H groups in total. The summed E-state index contributed by atoms with van der Waals surface area (Å²) in [5.41, 5.74) is 5.00. The Kier molecular flexibility index (Phi) is 5.81. The smallest absolute Gasteiger partial charge is 0.241 e. The van der Waals surface area contributed by atoms with Gasteiger partial charge in [-0.1, -0.05) is 17.3 Å². The van der Waals surface area contributed by atoms with E-state index in [1.54, 1.807) is 0 Å². The molecule has 1 aliphatic heterocycles. The minimum Gasteiger partial charge on any atom is -0.494 e. The second-order valence-electron chi connectivity index (χ2n) is 7.45. The van der Waals surface area contributed by atoms with Crippen LogP contribution in [-0.4, -0.2) is 47.8 Å². The summed E-state index contributed by atoms with van der Waals surface area (Å²) >= 11 is 0. The molecule has 2 aromatic carbocycles. The Morgan fingerprint density at radius 2 is 1.76 bits per heavy atom. The Bertz CT molecular complexity index is 944. The zero-order valence-electron chi connectivity index (χ0n) is 17.4. The van der Waals surface area contributed by atoms with Gasteiger partial charge in [0.05, 0.1) is 13.2 Å². The molecule has 2 heterocycles. The molecule has 0 spiro atoms. The molecule has 6 heteroatoms. The monoisotopic (exact) mass is 392 g/mol. The van der Waals surface area contributed by atoms with Gasteiger partial charge in [0.2, 0.25) is 11.7 Å². The average molecular weight is 393 g/mol. The normalized spacial score (nSPS) is 14.9. The van der Waals surface area contributed by atoms with E-state index in [2.05, 4.69) is 52.0 Å². The third-order valence-corrected chi connectivity index (χ3v) is 5.54. The summed E-state index contributed by atoms with van der Waals surface area (Å²) in [5.74, 6) is 2.13. The lowest BCUT2D eigenvalue weighted by atomic mass is 10.1. The van der Waals surface area contributed by atoms with E-state index in [-0.39, 0.29) is 0 Å². The molecule has 0 atom stereocenters. The highest BCUT2D eigenvalue weighted by atomic mass is 16.5. The van der Waals surface area contributed by atoms with Crippen LogP contribution in [0.3, 0.4) is 0 Å². The fourth-order valence-electron chi connectivity index (χ4n) is 3.72. The zero-order valence-corrected chi connectivity index (χ0v) is 17.4. The standard InChI is InChI=1S/C23H28N4O2/c1-4-28-20-10-8-19(9-11-20)23-24-22(29-25-23)16-26-12-14-27(15-13-26)21-7-5-6-17(2)18(21)3/h5-11H,4,12-16H2,1-3H3. The van der Waals surface area contributed by atoms with E-state index < -0.39 is 0 Å². The predicted molar refractivity (Wildman–Crippen MR) is 114 cm³/mol. The first-order chi connectivity index (χ1) is 14.1. The lowest BCUT2D eigenvalue weighted by molar-refractivity contribution is 0.215. The third kappa shape index (κ3) is 4.43. The number of aromatic nitrogens is 2. The molecule has 29 heavy (non-hydrogen) atoms. The Balaban J connectivity index is 1.35. The lowest BCUT2D eigenvalue weighted by Gasteiger charge is -2.36. The highest BCUT2D eigenvalue weighted by Crippen LogP contribution is 2.24. The maximum Gasteiger partial charge on any atom is 0.241 e. The van der Waals surface area contributed by atoms with Crippen LogP contribution in [0.5, 0.6) is 5.75 Å². The Morgan fingerprint density at radius 1 is 1.00 bits per heavy atom. The summed E-state index contributed by atoms with van der Waals surface area (Å²) in [6.07, 6.45) is 0. The van der Waals surface area contributed by atoms with Crippen LogP contribution in [0.2, 0.25) is 0 Å². The van der Waals surface area contributed by atoms with Crippen molar-refractivity contribution in [3.8, 4) is 17.1 Å². The number of hydrogen-bond donors (Lipinski definition) is 0. The van der Waals surface area contributed by atoms with Gasteiger partial charge in [-0.3, -0.25) is 4.90 Å². The molecule has 4 rings (SSSR count). The van der Waals surface area contributed by atoms with Gasteiger partial charge in [-0.25, -0.2) is 0 Å². The average Bonchev–Trinajstić information content (AvgIpc) is 3.20. The minimum atomic E-state index is 0.622. The number of rotatable bonds is 6. The van der Waals surface area contributed by atoms with Crippen LogP contribution in [-0.2, 0) is 6.54 Å². The van der Waals surface area contributed by atoms with Crippen molar-refractivity contribution in [2.75, 3.05) is 37.7 Å². The van der Waals surface area contributed by atoms with Crippen molar-refractivity contribution in [2.45, 2.75) is 27.3 Å². The highest BCUT2D eigenvalue weighted by molar-refractivity contribution is 5.56. The van der Waals surface area contributed by atoms with E-state index in [4.69, 9.17) is 9.26 Å². The van der Waals surface area contributed by atoms with Gasteiger partial charge in [0.1, 0.15) is 5.75 Å². The first-order valence-corrected chi connectivity index (χ1v) is 10.2. The fourth-order valence-corrected chi connectivity index (χ4v) is 3.72. The van der Waals surface area contributed by atoms with Crippen molar-refractivity contribution in [3.63, 3.8) is 0 Å². The molecule has 6 nitrogen and oxygen atoms in total. The maximum atomic E-state index is 5.50. The van der Waals surface area contributed by atoms with Gasteiger partial charge in [0.25, 0.3) is 0 Å². The van der Waals surface area contributed by atoms with Crippen molar-refractivity contribution in [2.24, 2.45) is 0 Å². The maximum absolute atomic E-state index is 5.50. The van der Waals surface area contributed by atoms with Crippen LogP contribution in [0.15, 0.2) is 47.0 Å². The van der Waals surface area contributed by atoms with Gasteiger partial charge < -0.3 is 14.2 Å². The Hall–Kier alpha value is -2.86. The summed E-state index contributed by atoms with van der Waals surface area (Å²) in [4.78, 5) is 9.42. The first-order valence-electron chi connectivity index (χ1n) is 10.2. The zero-order chi connectivity index (χ0) is 20.2. The summed E-state index contributed by atoms with van der Waals surface area (Å²) in [5, 5.41) is 4.15. The largest absolute Gasteiger partial charge is 0.494 e. The van der Waals surface area contributed by atoms with Crippen molar-refractivity contribution >= 4 is 5.69 Å². The van der Waals surface area contributed by atoms with E-state index >= 15 is 0 Å². The molecule has 1 aromatic heterocycles. The third-order valence-electron chi connectivity index (χ3n) is 5.54. The SMILES string of the molecule is CCOc1ccc(-c2noc(CN3CCN(c4cccc(C)c4C)CC3)n2)cc1. The van der Waals surface area contributed by atoms with Crippen LogP contribution < -0.4 is 9.64 Å². The summed E-state index contributed by atoms with van der Waals surface area (Å²) in [6.45, 7) is 11.7. The quantitative estimate of drug-likeness (QED) is 0.630. The van der Waals surface area contributed by atoms with E-state index in [9.17, 15) is 0 Å². The second-order valence-corrected chi connectivity index (χ2v) is 7.45. The van der Waals surface area contributed by atoms with Crippen molar-refractivity contribution in [1.82, 2.24) is 15.0 Å². The molecule has 1 fully saturated rings. The topological polar surface area (TPSA) is 54.6 Å². The van der Waals surface area contributed by atoms with Crippen molar-refractivity contribution < 1.29 is 9.26 Å². The highest BCUT2D eigenvalue weighted by Gasteiger charge is 2.21. The van der Waals surface area contributed by atoms with Gasteiger partial charge in [0, 0.05) is 37.4 Å². The van der Waals surface area contributed by atoms with Gasteiger partial charge >= 0.3 is 0 Å². The number of benzene rings is 2. The summed E-state index contributed by atoms with van der Waals surface area (Å²) < 4.78 is 11.0. The Labute approximate surface area is 172 Å². The molecule has 0 unspecified atom stereocenters. The molecule has 0 radical (unpaired) electrons. The van der Waals surface area contributed by atoms with Gasteiger partial charge in [-0.2, -0.15) is 4.98 Å². The van der Waals surface area contributed by atoms with Gasteiger partial charge in [-0.15, -0.1) is 0 Å². The van der Waals surface area contributed by atoms with E-state index in [0.717, 1.165) is 37.5 Å².